The molecule has 6 nitrogen and oxygen atoms in total. The van der Waals surface area contributed by atoms with Crippen molar-refractivity contribution < 1.29 is 9.53 Å². The van der Waals surface area contributed by atoms with Gasteiger partial charge in [-0.2, -0.15) is 0 Å². The van der Waals surface area contributed by atoms with Gasteiger partial charge in [-0.1, -0.05) is 17.7 Å². The smallest absolute Gasteiger partial charge is 0.323 e. The van der Waals surface area contributed by atoms with Crippen LogP contribution in [0.4, 0.5) is 16.2 Å². The summed E-state index contributed by atoms with van der Waals surface area (Å²) in [6, 6.07) is 14.4. The number of ether oxygens (including phenoxy) is 1. The second-order valence-corrected chi connectivity index (χ2v) is 8.38. The number of hydrogen-bond donors (Lipinski definition) is 2. The standard InChI is InChI=1S/C22H22ClIN4O2/c1-28(2)11-12-30-21-14-17(4-6-20(21)24)27-22(29)26-16-3-5-18(19(23)13-16)15-7-9-25-10-8-15/h3-10,13-14H,11-12H2,1-2H3,(H2,26,27,29). The number of likely N-dealkylation sites (N-methyl/N-ethyl adjacent to an activating group) is 1. The van der Waals surface area contributed by atoms with Crippen molar-refractivity contribution in [2.24, 2.45) is 0 Å². The highest BCUT2D eigenvalue weighted by Gasteiger charge is 2.09. The minimum atomic E-state index is -0.358. The minimum absolute atomic E-state index is 0.358. The van der Waals surface area contributed by atoms with Gasteiger partial charge in [0.25, 0.3) is 0 Å². The summed E-state index contributed by atoms with van der Waals surface area (Å²) in [6.45, 7) is 1.38. The van der Waals surface area contributed by atoms with Crippen LogP contribution >= 0.6 is 34.2 Å². The Balaban J connectivity index is 1.63. The topological polar surface area (TPSA) is 66.5 Å². The number of pyridine rings is 1. The lowest BCUT2D eigenvalue weighted by Gasteiger charge is -2.14. The molecular weight excluding hydrogens is 515 g/mol. The Kier molecular flexibility index (Phi) is 7.89. The average Bonchev–Trinajstić information content (AvgIpc) is 2.71. The molecule has 3 rings (SSSR count). The minimum Gasteiger partial charge on any atom is -0.491 e. The summed E-state index contributed by atoms with van der Waals surface area (Å²) in [5, 5.41) is 6.18. The number of hydrogen-bond acceptors (Lipinski definition) is 4. The number of halogens is 2. The molecule has 2 aromatic carbocycles. The van der Waals surface area contributed by atoms with Gasteiger partial charge in [0.15, 0.2) is 0 Å². The molecule has 2 amide bonds. The first kappa shape index (κ1) is 22.3. The highest BCUT2D eigenvalue weighted by Crippen LogP contribution is 2.30. The van der Waals surface area contributed by atoms with Crippen LogP contribution in [0.1, 0.15) is 0 Å². The fourth-order valence-electron chi connectivity index (χ4n) is 2.68. The SMILES string of the molecule is CN(C)CCOc1cc(NC(=O)Nc2ccc(-c3ccncc3)c(Cl)c2)ccc1I. The Hall–Kier alpha value is -2.36. The van der Waals surface area contributed by atoms with E-state index in [1.165, 1.54) is 0 Å². The summed E-state index contributed by atoms with van der Waals surface area (Å²) in [4.78, 5) is 18.5. The molecule has 0 atom stereocenters. The molecule has 8 heteroatoms. The van der Waals surface area contributed by atoms with Gasteiger partial charge in [0, 0.05) is 41.9 Å². The largest absolute Gasteiger partial charge is 0.491 e. The average molecular weight is 537 g/mol. The molecule has 30 heavy (non-hydrogen) atoms. The van der Waals surface area contributed by atoms with E-state index in [2.05, 4.69) is 38.2 Å². The maximum atomic E-state index is 12.4. The van der Waals surface area contributed by atoms with Crippen molar-refractivity contribution in [3.05, 3.63) is 69.5 Å². The van der Waals surface area contributed by atoms with Gasteiger partial charge in [-0.05, 0) is 78.6 Å². The third-order valence-corrected chi connectivity index (χ3v) is 5.41. The second kappa shape index (κ2) is 10.6. The maximum Gasteiger partial charge on any atom is 0.323 e. The van der Waals surface area contributed by atoms with Gasteiger partial charge in [-0.3, -0.25) is 4.98 Å². The number of carbonyl (C=O) groups excluding carboxylic acids is 1. The van der Waals surface area contributed by atoms with Crippen LogP contribution in [0.15, 0.2) is 60.9 Å². The number of urea groups is 1. The van der Waals surface area contributed by atoms with E-state index in [0.717, 1.165) is 27.0 Å². The van der Waals surface area contributed by atoms with Gasteiger partial charge in [0.1, 0.15) is 12.4 Å². The first-order valence-electron chi connectivity index (χ1n) is 9.27. The Morgan fingerprint density at radius 2 is 1.73 bits per heavy atom. The number of nitrogens with one attached hydrogen (secondary N) is 2. The molecule has 0 spiro atoms. The molecule has 0 saturated heterocycles. The second-order valence-electron chi connectivity index (χ2n) is 6.81. The van der Waals surface area contributed by atoms with Crippen LogP contribution < -0.4 is 15.4 Å². The summed E-state index contributed by atoms with van der Waals surface area (Å²) in [7, 11) is 3.99. The summed E-state index contributed by atoms with van der Waals surface area (Å²) in [5.41, 5.74) is 3.09. The molecule has 2 N–H and O–H groups in total. The summed E-state index contributed by atoms with van der Waals surface area (Å²) < 4.78 is 6.80. The molecule has 0 radical (unpaired) electrons. The van der Waals surface area contributed by atoms with Gasteiger partial charge in [0.05, 0.1) is 8.59 Å². The highest BCUT2D eigenvalue weighted by atomic mass is 127. The number of anilines is 2. The van der Waals surface area contributed by atoms with E-state index in [-0.39, 0.29) is 6.03 Å². The monoisotopic (exact) mass is 536 g/mol. The Bertz CT molecular complexity index is 1020. The molecule has 0 saturated carbocycles. The Labute approximate surface area is 194 Å². The summed E-state index contributed by atoms with van der Waals surface area (Å²) in [6.07, 6.45) is 3.43. The highest BCUT2D eigenvalue weighted by molar-refractivity contribution is 14.1. The van der Waals surface area contributed by atoms with Crippen molar-refractivity contribution >= 4 is 51.6 Å². The van der Waals surface area contributed by atoms with Gasteiger partial charge in [-0.25, -0.2) is 4.79 Å². The van der Waals surface area contributed by atoms with Crippen LogP contribution in [0, 0.1) is 3.57 Å². The molecule has 0 bridgehead atoms. The number of rotatable bonds is 7. The molecule has 1 aromatic heterocycles. The first-order chi connectivity index (χ1) is 14.4. The lowest BCUT2D eigenvalue weighted by atomic mass is 10.1. The lowest BCUT2D eigenvalue weighted by molar-refractivity contribution is 0.260. The maximum absolute atomic E-state index is 12.4. The van der Waals surface area contributed by atoms with E-state index in [1.54, 1.807) is 18.5 Å². The fraction of sp³-hybridized carbons (Fsp3) is 0.182. The van der Waals surface area contributed by atoms with Gasteiger partial charge in [0.2, 0.25) is 0 Å². The quantitative estimate of drug-likeness (QED) is 0.386. The Morgan fingerprint density at radius 3 is 2.40 bits per heavy atom. The number of nitrogens with zero attached hydrogens (tertiary/aromatic N) is 2. The first-order valence-corrected chi connectivity index (χ1v) is 10.7. The zero-order valence-electron chi connectivity index (χ0n) is 16.7. The van der Waals surface area contributed by atoms with Crippen LogP contribution in [0.25, 0.3) is 11.1 Å². The predicted octanol–water partition coefficient (Wildman–Crippen LogP) is 5.59. The van der Waals surface area contributed by atoms with Crippen LogP contribution in [-0.2, 0) is 0 Å². The van der Waals surface area contributed by atoms with Crippen molar-refractivity contribution in [1.82, 2.24) is 9.88 Å². The van der Waals surface area contributed by atoms with Gasteiger partial charge < -0.3 is 20.3 Å². The van der Waals surface area contributed by atoms with Crippen molar-refractivity contribution in [2.45, 2.75) is 0 Å². The van der Waals surface area contributed by atoms with E-state index in [4.69, 9.17) is 16.3 Å². The van der Waals surface area contributed by atoms with Crippen molar-refractivity contribution in [2.75, 3.05) is 37.9 Å². The van der Waals surface area contributed by atoms with Crippen LogP contribution in [0.3, 0.4) is 0 Å². The molecule has 0 aliphatic carbocycles. The number of amides is 2. The van der Waals surface area contributed by atoms with E-state index in [0.29, 0.717) is 23.0 Å². The van der Waals surface area contributed by atoms with E-state index < -0.39 is 0 Å². The predicted molar refractivity (Wildman–Crippen MR) is 131 cm³/mol. The molecule has 0 aliphatic heterocycles. The van der Waals surface area contributed by atoms with Crippen molar-refractivity contribution in [3.8, 4) is 16.9 Å². The van der Waals surface area contributed by atoms with Crippen molar-refractivity contribution in [1.29, 1.82) is 0 Å². The van der Waals surface area contributed by atoms with Crippen LogP contribution in [-0.4, -0.2) is 43.2 Å². The molecule has 0 fully saturated rings. The number of carbonyl (C=O) groups is 1. The number of aromatic nitrogens is 1. The molecule has 0 unspecified atom stereocenters. The van der Waals surface area contributed by atoms with E-state index in [9.17, 15) is 4.79 Å². The zero-order valence-corrected chi connectivity index (χ0v) is 19.6. The zero-order chi connectivity index (χ0) is 21.5. The third-order valence-electron chi connectivity index (χ3n) is 4.20. The van der Waals surface area contributed by atoms with Gasteiger partial charge >= 0.3 is 6.03 Å². The van der Waals surface area contributed by atoms with E-state index in [1.807, 2.05) is 61.5 Å². The summed E-state index contributed by atoms with van der Waals surface area (Å²) in [5.74, 6) is 0.736. The molecule has 0 aliphatic rings. The van der Waals surface area contributed by atoms with E-state index >= 15 is 0 Å². The third kappa shape index (κ3) is 6.32. The molecule has 3 aromatic rings. The van der Waals surface area contributed by atoms with Crippen LogP contribution in [0.2, 0.25) is 5.02 Å². The van der Waals surface area contributed by atoms with Crippen molar-refractivity contribution in [3.63, 3.8) is 0 Å². The van der Waals surface area contributed by atoms with Gasteiger partial charge in [-0.15, -0.1) is 0 Å². The normalized spacial score (nSPS) is 10.7. The molecular formula is C22H22ClIN4O2. The Morgan fingerprint density at radius 1 is 1.07 bits per heavy atom. The summed E-state index contributed by atoms with van der Waals surface area (Å²) >= 11 is 8.62. The number of benzene rings is 2. The molecule has 156 valence electrons. The lowest BCUT2D eigenvalue weighted by Crippen LogP contribution is -2.20. The van der Waals surface area contributed by atoms with Crippen LogP contribution in [0.5, 0.6) is 5.75 Å². The fourth-order valence-corrected chi connectivity index (χ4v) is 3.46. The molecule has 1 heterocycles.